The van der Waals surface area contributed by atoms with E-state index in [-0.39, 0.29) is 18.2 Å². The van der Waals surface area contributed by atoms with E-state index >= 15 is 0 Å². The fraction of sp³-hybridized carbons (Fsp3) is 0.0741. The van der Waals surface area contributed by atoms with Gasteiger partial charge < -0.3 is 10.2 Å². The highest BCUT2D eigenvalue weighted by Gasteiger charge is 2.25. The Morgan fingerprint density at radius 1 is 0.722 bits per heavy atom. The maximum atomic E-state index is 13.1. The largest absolute Gasteiger partial charge is 0.350 e. The second-order valence-electron chi connectivity index (χ2n) is 7.93. The zero-order valence-electron chi connectivity index (χ0n) is 19.1. The van der Waals surface area contributed by atoms with Gasteiger partial charge in [0.05, 0.1) is 27.5 Å². The first-order valence-corrected chi connectivity index (χ1v) is 11.1. The number of carbonyl (C=O) groups is 1. The van der Waals surface area contributed by atoms with Crippen molar-refractivity contribution in [3.05, 3.63) is 141 Å². The van der Waals surface area contributed by atoms with Crippen LogP contribution >= 0.6 is 0 Å². The number of nitrogens with one attached hydrogen (secondary N) is 1. The van der Waals surface area contributed by atoms with Gasteiger partial charge in [0, 0.05) is 30.1 Å². The molecule has 9 heteroatoms. The first kappa shape index (κ1) is 24.1. The van der Waals surface area contributed by atoms with Crippen molar-refractivity contribution in [2.24, 2.45) is 0 Å². The van der Waals surface area contributed by atoms with Gasteiger partial charge in [-0.05, 0) is 29.8 Å². The van der Waals surface area contributed by atoms with E-state index in [0.717, 1.165) is 35.1 Å². The van der Waals surface area contributed by atoms with E-state index in [0.29, 0.717) is 0 Å². The summed E-state index contributed by atoms with van der Waals surface area (Å²) in [5.41, 5.74) is 1.52. The van der Waals surface area contributed by atoms with Crippen LogP contribution in [0, 0.1) is 20.2 Å². The lowest BCUT2D eigenvalue weighted by Gasteiger charge is -2.34. The van der Waals surface area contributed by atoms with Crippen LogP contribution in [-0.4, -0.2) is 22.3 Å². The zero-order valence-corrected chi connectivity index (χ0v) is 19.1. The number of benzene rings is 4. The quantitative estimate of drug-likeness (QED) is 0.237. The lowest BCUT2D eigenvalue weighted by molar-refractivity contribution is -0.394. The molecule has 36 heavy (non-hydrogen) atoms. The average molecular weight is 482 g/mol. The number of nitrogens with zero attached hydrogens (tertiary/aromatic N) is 3. The molecule has 0 aliphatic rings. The van der Waals surface area contributed by atoms with Gasteiger partial charge in [-0.1, -0.05) is 66.7 Å². The Labute approximate surface area is 206 Å². The van der Waals surface area contributed by atoms with Gasteiger partial charge in [0.25, 0.3) is 17.3 Å². The molecule has 0 saturated carbocycles. The maximum absolute atomic E-state index is 13.1. The van der Waals surface area contributed by atoms with Crippen molar-refractivity contribution in [2.75, 3.05) is 11.4 Å². The second kappa shape index (κ2) is 10.9. The minimum atomic E-state index is -0.761. The lowest BCUT2D eigenvalue weighted by atomic mass is 10.0. The third-order valence-electron chi connectivity index (χ3n) is 5.61. The molecule has 1 unspecified atom stereocenters. The summed E-state index contributed by atoms with van der Waals surface area (Å²) in [4.78, 5) is 36.1. The van der Waals surface area contributed by atoms with Crippen LogP contribution in [0.1, 0.15) is 22.0 Å². The van der Waals surface area contributed by atoms with Crippen molar-refractivity contribution in [3.8, 4) is 0 Å². The number of hydrogen-bond donors (Lipinski definition) is 1. The van der Waals surface area contributed by atoms with Crippen molar-refractivity contribution in [3.63, 3.8) is 0 Å². The number of carbonyl (C=O) groups excluding carboxylic acids is 1. The molecule has 180 valence electrons. The monoisotopic (exact) mass is 482 g/mol. The summed E-state index contributed by atoms with van der Waals surface area (Å²) in [7, 11) is 0. The van der Waals surface area contributed by atoms with Crippen molar-refractivity contribution in [1.29, 1.82) is 0 Å². The Balaban J connectivity index is 1.71. The van der Waals surface area contributed by atoms with Gasteiger partial charge in [-0.2, -0.15) is 0 Å². The van der Waals surface area contributed by atoms with Crippen LogP contribution in [0.3, 0.4) is 0 Å². The lowest BCUT2D eigenvalue weighted by Crippen LogP contribution is -2.36. The van der Waals surface area contributed by atoms with Crippen molar-refractivity contribution in [1.82, 2.24) is 5.32 Å². The van der Waals surface area contributed by atoms with Crippen LogP contribution in [0.2, 0.25) is 0 Å². The minimum Gasteiger partial charge on any atom is -0.350 e. The van der Waals surface area contributed by atoms with Gasteiger partial charge in [0.15, 0.2) is 0 Å². The summed E-state index contributed by atoms with van der Waals surface area (Å²) >= 11 is 0. The molecule has 9 nitrogen and oxygen atoms in total. The number of nitro benzene ring substituents is 2. The highest BCUT2D eigenvalue weighted by molar-refractivity contribution is 5.95. The summed E-state index contributed by atoms with van der Waals surface area (Å²) < 4.78 is 0. The molecular weight excluding hydrogens is 460 g/mol. The van der Waals surface area contributed by atoms with E-state index in [4.69, 9.17) is 0 Å². The molecule has 4 aromatic rings. The van der Waals surface area contributed by atoms with Gasteiger partial charge in [-0.15, -0.1) is 0 Å². The van der Waals surface area contributed by atoms with Crippen LogP contribution in [0.25, 0.3) is 0 Å². The van der Waals surface area contributed by atoms with Crippen molar-refractivity contribution in [2.45, 2.75) is 6.04 Å². The van der Waals surface area contributed by atoms with Crippen LogP contribution < -0.4 is 10.2 Å². The molecule has 4 aromatic carbocycles. The van der Waals surface area contributed by atoms with Gasteiger partial charge in [-0.25, -0.2) is 0 Å². The molecule has 0 saturated heterocycles. The van der Waals surface area contributed by atoms with E-state index in [2.05, 4.69) is 10.2 Å². The number of nitro groups is 2. The van der Waals surface area contributed by atoms with Gasteiger partial charge in [0.1, 0.15) is 0 Å². The topological polar surface area (TPSA) is 119 Å². The van der Waals surface area contributed by atoms with E-state index < -0.39 is 27.1 Å². The molecule has 1 atom stereocenters. The SMILES string of the molecule is O=C(NCC(c1ccccc1)N(c1ccccc1)c1ccccc1)c1cc([N+](=O)[O-])cc([N+](=O)[O-])c1. The fourth-order valence-electron chi connectivity index (χ4n) is 3.95. The van der Waals surface area contributed by atoms with Gasteiger partial charge >= 0.3 is 0 Å². The molecule has 0 aliphatic heterocycles. The summed E-state index contributed by atoms with van der Waals surface area (Å²) in [6.45, 7) is 0.128. The Hall–Kier alpha value is -5.05. The highest BCUT2D eigenvalue weighted by Crippen LogP contribution is 2.35. The van der Waals surface area contributed by atoms with Crippen LogP contribution in [0.15, 0.2) is 109 Å². The molecule has 0 bridgehead atoms. The third kappa shape index (κ3) is 5.53. The molecule has 0 aromatic heterocycles. The smallest absolute Gasteiger partial charge is 0.277 e. The number of rotatable bonds is 9. The molecule has 0 heterocycles. The van der Waals surface area contributed by atoms with Crippen LogP contribution in [0.5, 0.6) is 0 Å². The Kier molecular flexibility index (Phi) is 7.30. The zero-order chi connectivity index (χ0) is 25.5. The molecule has 1 N–H and O–H groups in total. The van der Waals surface area contributed by atoms with E-state index in [1.165, 1.54) is 0 Å². The Bertz CT molecular complexity index is 1290. The molecule has 4 rings (SSSR count). The van der Waals surface area contributed by atoms with Crippen LogP contribution in [0.4, 0.5) is 22.7 Å². The highest BCUT2D eigenvalue weighted by atomic mass is 16.6. The standard InChI is InChI=1S/C27H22N4O5/c32-27(21-16-24(30(33)34)18-25(17-21)31(35)36)28-19-26(20-10-4-1-5-11-20)29(22-12-6-2-7-13-22)23-14-8-3-9-15-23/h1-18,26H,19H2,(H,28,32). The summed E-state index contributed by atoms with van der Waals surface area (Å²) in [5.74, 6) is -0.649. The van der Waals surface area contributed by atoms with Crippen LogP contribution in [-0.2, 0) is 0 Å². The fourth-order valence-corrected chi connectivity index (χ4v) is 3.95. The minimum absolute atomic E-state index is 0.128. The summed E-state index contributed by atoms with van der Waals surface area (Å²) in [5, 5.41) is 25.3. The average Bonchev–Trinajstić information content (AvgIpc) is 2.92. The summed E-state index contributed by atoms with van der Waals surface area (Å²) in [6.07, 6.45) is 0. The molecular formula is C27H22N4O5. The Morgan fingerprint density at radius 3 is 1.61 bits per heavy atom. The van der Waals surface area contributed by atoms with Gasteiger partial charge in [-0.3, -0.25) is 25.0 Å². The number of non-ortho nitro benzene ring substituents is 2. The Morgan fingerprint density at radius 2 is 1.17 bits per heavy atom. The summed E-state index contributed by atoms with van der Waals surface area (Å²) in [6, 6.07) is 31.6. The third-order valence-corrected chi connectivity index (χ3v) is 5.61. The van der Waals surface area contributed by atoms with Crippen molar-refractivity contribution >= 4 is 28.7 Å². The maximum Gasteiger partial charge on any atom is 0.277 e. The molecule has 0 aliphatic carbocycles. The van der Waals surface area contributed by atoms with E-state index in [1.54, 1.807) is 0 Å². The van der Waals surface area contributed by atoms with Crippen molar-refractivity contribution < 1.29 is 14.6 Å². The predicted octanol–water partition coefficient (Wildman–Crippen LogP) is 5.81. The normalized spacial score (nSPS) is 11.3. The second-order valence-corrected chi connectivity index (χ2v) is 7.93. The number of hydrogen-bond acceptors (Lipinski definition) is 6. The number of anilines is 2. The predicted molar refractivity (Wildman–Crippen MR) is 136 cm³/mol. The number of amides is 1. The first-order valence-electron chi connectivity index (χ1n) is 11.1. The van der Waals surface area contributed by atoms with E-state index in [1.807, 2.05) is 91.0 Å². The molecule has 0 spiro atoms. The van der Waals surface area contributed by atoms with Gasteiger partial charge in [0.2, 0.25) is 0 Å². The number of para-hydroxylation sites is 2. The molecule has 0 radical (unpaired) electrons. The molecule has 0 fully saturated rings. The molecule has 1 amide bonds. The van der Waals surface area contributed by atoms with E-state index in [9.17, 15) is 25.0 Å². The first-order chi connectivity index (χ1) is 17.4.